The van der Waals surface area contributed by atoms with Crippen LogP contribution in [0.3, 0.4) is 0 Å². The van der Waals surface area contributed by atoms with Crippen molar-refractivity contribution in [2.75, 3.05) is 29.6 Å². The van der Waals surface area contributed by atoms with Gasteiger partial charge in [-0.1, -0.05) is 17.7 Å². The van der Waals surface area contributed by atoms with Crippen LogP contribution in [0.25, 0.3) is 0 Å². The summed E-state index contributed by atoms with van der Waals surface area (Å²) in [5.41, 5.74) is 7.71. The zero-order valence-corrected chi connectivity index (χ0v) is 17.0. The Hall–Kier alpha value is -3.34. The van der Waals surface area contributed by atoms with E-state index >= 15 is 0 Å². The molecular formula is C23H26N4O. The first kappa shape index (κ1) is 19.4. The number of nitrogens with one attached hydrogen (secondary N) is 2. The summed E-state index contributed by atoms with van der Waals surface area (Å²) in [4.78, 5) is 18.9. The summed E-state index contributed by atoms with van der Waals surface area (Å²) < 4.78 is 0. The van der Waals surface area contributed by atoms with Crippen LogP contribution in [0.2, 0.25) is 0 Å². The fourth-order valence-electron chi connectivity index (χ4n) is 3.20. The molecule has 5 nitrogen and oxygen atoms in total. The molecule has 0 atom stereocenters. The van der Waals surface area contributed by atoms with E-state index in [1.54, 1.807) is 12.4 Å². The number of pyridine rings is 1. The first-order valence-corrected chi connectivity index (χ1v) is 9.22. The van der Waals surface area contributed by atoms with Gasteiger partial charge in [0.25, 0.3) is 5.91 Å². The smallest absolute Gasteiger partial charge is 0.257 e. The Kier molecular flexibility index (Phi) is 5.64. The van der Waals surface area contributed by atoms with Crippen molar-refractivity contribution in [3.63, 3.8) is 0 Å². The van der Waals surface area contributed by atoms with Gasteiger partial charge in [-0.3, -0.25) is 9.78 Å². The Morgan fingerprint density at radius 1 is 0.893 bits per heavy atom. The number of hydrogen-bond acceptors (Lipinski definition) is 4. The summed E-state index contributed by atoms with van der Waals surface area (Å²) in [6, 6.07) is 13.8. The van der Waals surface area contributed by atoms with Crippen LogP contribution in [-0.4, -0.2) is 25.0 Å². The molecule has 0 saturated heterocycles. The van der Waals surface area contributed by atoms with Crippen LogP contribution in [0.15, 0.2) is 54.9 Å². The monoisotopic (exact) mass is 374 g/mol. The largest absolute Gasteiger partial charge is 0.378 e. The molecule has 0 aliphatic rings. The first-order valence-electron chi connectivity index (χ1n) is 9.22. The number of hydrogen-bond donors (Lipinski definition) is 2. The highest BCUT2D eigenvalue weighted by molar-refractivity contribution is 6.04. The van der Waals surface area contributed by atoms with Gasteiger partial charge in [-0.25, -0.2) is 0 Å². The molecule has 0 unspecified atom stereocenters. The third-order valence-corrected chi connectivity index (χ3v) is 4.59. The van der Waals surface area contributed by atoms with Crippen molar-refractivity contribution in [3.05, 3.63) is 77.1 Å². The topological polar surface area (TPSA) is 57.3 Å². The molecule has 144 valence electrons. The molecule has 1 amide bonds. The molecule has 2 N–H and O–H groups in total. The van der Waals surface area contributed by atoms with Crippen LogP contribution in [0, 0.1) is 20.8 Å². The minimum atomic E-state index is -0.189. The molecule has 1 aromatic heterocycles. The van der Waals surface area contributed by atoms with E-state index in [4.69, 9.17) is 0 Å². The average Bonchev–Trinajstić information content (AvgIpc) is 2.65. The molecule has 5 heteroatoms. The van der Waals surface area contributed by atoms with Gasteiger partial charge in [-0.2, -0.15) is 0 Å². The standard InChI is InChI=1S/C23H26N4O/c1-15-10-16(2)22(17(3)11-15)25-20-12-18(13-24-14-20)23(28)26-19-6-8-21(9-7-19)27(4)5/h6-14,25H,1-5H3,(H,26,28). The fourth-order valence-corrected chi connectivity index (χ4v) is 3.20. The van der Waals surface area contributed by atoms with E-state index in [-0.39, 0.29) is 5.91 Å². The van der Waals surface area contributed by atoms with Crippen molar-refractivity contribution in [1.82, 2.24) is 4.98 Å². The van der Waals surface area contributed by atoms with Crippen LogP contribution in [0.5, 0.6) is 0 Å². The number of aryl methyl sites for hydroxylation is 3. The molecule has 0 aliphatic heterocycles. The maximum atomic E-state index is 12.6. The Balaban J connectivity index is 1.76. The Labute approximate surface area is 166 Å². The molecule has 0 saturated carbocycles. The minimum Gasteiger partial charge on any atom is -0.378 e. The number of nitrogens with zero attached hydrogens (tertiary/aromatic N) is 2. The Morgan fingerprint density at radius 3 is 2.14 bits per heavy atom. The highest BCUT2D eigenvalue weighted by Crippen LogP contribution is 2.26. The number of aromatic nitrogens is 1. The van der Waals surface area contributed by atoms with Crippen LogP contribution in [0.1, 0.15) is 27.0 Å². The second kappa shape index (κ2) is 8.13. The maximum absolute atomic E-state index is 12.6. The number of amides is 1. The molecule has 0 radical (unpaired) electrons. The number of rotatable bonds is 5. The predicted octanol–water partition coefficient (Wildman–Crippen LogP) is 5.07. The maximum Gasteiger partial charge on any atom is 0.257 e. The first-order chi connectivity index (χ1) is 13.3. The molecule has 3 rings (SSSR count). The van der Waals surface area contributed by atoms with E-state index in [0.717, 1.165) is 33.9 Å². The molecule has 3 aromatic rings. The van der Waals surface area contributed by atoms with Crippen molar-refractivity contribution in [2.45, 2.75) is 20.8 Å². The van der Waals surface area contributed by atoms with Gasteiger partial charge in [-0.05, 0) is 62.2 Å². The van der Waals surface area contributed by atoms with E-state index in [2.05, 4.69) is 48.5 Å². The lowest BCUT2D eigenvalue weighted by Gasteiger charge is -2.15. The lowest BCUT2D eigenvalue weighted by Crippen LogP contribution is -2.13. The molecule has 0 fully saturated rings. The third-order valence-electron chi connectivity index (χ3n) is 4.59. The Bertz CT molecular complexity index is 971. The summed E-state index contributed by atoms with van der Waals surface area (Å²) in [5, 5.41) is 6.32. The molecule has 0 aliphatic carbocycles. The van der Waals surface area contributed by atoms with Gasteiger partial charge in [0.05, 0.1) is 17.4 Å². The predicted molar refractivity (Wildman–Crippen MR) is 117 cm³/mol. The highest BCUT2D eigenvalue weighted by Gasteiger charge is 2.10. The summed E-state index contributed by atoms with van der Waals surface area (Å²) in [6.45, 7) is 6.23. The molecule has 28 heavy (non-hydrogen) atoms. The van der Waals surface area contributed by atoms with Gasteiger partial charge in [0.2, 0.25) is 0 Å². The van der Waals surface area contributed by atoms with Gasteiger partial charge in [-0.15, -0.1) is 0 Å². The van der Waals surface area contributed by atoms with Crippen LogP contribution < -0.4 is 15.5 Å². The molecule has 1 heterocycles. The summed E-state index contributed by atoms with van der Waals surface area (Å²) >= 11 is 0. The highest BCUT2D eigenvalue weighted by atomic mass is 16.1. The molecular weight excluding hydrogens is 348 g/mol. The van der Waals surface area contributed by atoms with Gasteiger partial charge in [0.1, 0.15) is 0 Å². The summed E-state index contributed by atoms with van der Waals surface area (Å²) in [6.07, 6.45) is 3.30. The Morgan fingerprint density at radius 2 is 1.54 bits per heavy atom. The van der Waals surface area contributed by atoms with Crippen LogP contribution >= 0.6 is 0 Å². The quantitative estimate of drug-likeness (QED) is 0.655. The fraction of sp³-hybridized carbons (Fsp3) is 0.217. The zero-order valence-electron chi connectivity index (χ0n) is 17.0. The van der Waals surface area contributed by atoms with Crippen LogP contribution in [0.4, 0.5) is 22.7 Å². The van der Waals surface area contributed by atoms with Crippen molar-refractivity contribution < 1.29 is 4.79 Å². The number of carbonyl (C=O) groups is 1. The second-order valence-electron chi connectivity index (χ2n) is 7.26. The van der Waals surface area contributed by atoms with E-state index < -0.39 is 0 Å². The number of benzene rings is 2. The summed E-state index contributed by atoms with van der Waals surface area (Å²) in [5.74, 6) is -0.189. The van der Waals surface area contributed by atoms with Gasteiger partial charge in [0.15, 0.2) is 0 Å². The number of carbonyl (C=O) groups excluding carboxylic acids is 1. The normalized spacial score (nSPS) is 10.5. The van der Waals surface area contributed by atoms with Crippen molar-refractivity contribution in [1.29, 1.82) is 0 Å². The van der Waals surface area contributed by atoms with Crippen molar-refractivity contribution in [3.8, 4) is 0 Å². The summed E-state index contributed by atoms with van der Waals surface area (Å²) in [7, 11) is 3.96. The van der Waals surface area contributed by atoms with Crippen molar-refractivity contribution in [2.24, 2.45) is 0 Å². The minimum absolute atomic E-state index is 0.189. The number of anilines is 4. The van der Waals surface area contributed by atoms with E-state index in [0.29, 0.717) is 5.56 Å². The van der Waals surface area contributed by atoms with Gasteiger partial charge >= 0.3 is 0 Å². The van der Waals surface area contributed by atoms with E-state index in [1.807, 2.05) is 49.3 Å². The molecule has 0 bridgehead atoms. The lowest BCUT2D eigenvalue weighted by molar-refractivity contribution is 0.102. The third kappa shape index (κ3) is 4.49. The lowest BCUT2D eigenvalue weighted by atomic mass is 10.0. The van der Waals surface area contributed by atoms with Crippen molar-refractivity contribution >= 4 is 28.7 Å². The zero-order chi connectivity index (χ0) is 20.3. The van der Waals surface area contributed by atoms with E-state index in [1.165, 1.54) is 5.56 Å². The van der Waals surface area contributed by atoms with E-state index in [9.17, 15) is 4.79 Å². The second-order valence-corrected chi connectivity index (χ2v) is 7.26. The molecule has 2 aromatic carbocycles. The SMILES string of the molecule is Cc1cc(C)c(Nc2cncc(C(=O)Nc3ccc(N(C)C)cc3)c2)c(C)c1. The van der Waals surface area contributed by atoms with Crippen LogP contribution in [-0.2, 0) is 0 Å². The average molecular weight is 374 g/mol. The van der Waals surface area contributed by atoms with Gasteiger partial charge in [0, 0.05) is 37.4 Å². The molecule has 0 spiro atoms. The van der Waals surface area contributed by atoms with Gasteiger partial charge < -0.3 is 15.5 Å².